The second-order valence-corrected chi connectivity index (χ2v) is 5.54. The lowest BCUT2D eigenvalue weighted by atomic mass is 10.0. The Morgan fingerprint density at radius 2 is 2.31 bits per heavy atom. The quantitative estimate of drug-likeness (QED) is 0.941. The van der Waals surface area contributed by atoms with Crippen LogP contribution < -0.4 is 0 Å². The molecule has 2 rings (SSSR count). The van der Waals surface area contributed by atoms with E-state index in [1.54, 1.807) is 17.5 Å². The molecule has 0 saturated heterocycles. The van der Waals surface area contributed by atoms with Gasteiger partial charge in [0.1, 0.15) is 0 Å². The van der Waals surface area contributed by atoms with Crippen molar-refractivity contribution in [3.05, 3.63) is 50.4 Å². The van der Waals surface area contributed by atoms with E-state index in [1.807, 2.05) is 30.5 Å². The third-order valence-corrected chi connectivity index (χ3v) is 3.74. The van der Waals surface area contributed by atoms with Gasteiger partial charge in [0.15, 0.2) is 0 Å². The summed E-state index contributed by atoms with van der Waals surface area (Å²) in [6, 6.07) is 5.92. The maximum absolute atomic E-state index is 10.1. The molecule has 0 amide bonds. The van der Waals surface area contributed by atoms with Crippen molar-refractivity contribution in [1.82, 2.24) is 4.98 Å². The molecular formula is C12H12BrNOS. The van der Waals surface area contributed by atoms with E-state index in [1.165, 1.54) is 0 Å². The number of hydrogen-bond donors (Lipinski definition) is 1. The fourth-order valence-electron chi connectivity index (χ4n) is 1.64. The normalized spacial score (nSPS) is 12.7. The van der Waals surface area contributed by atoms with Crippen LogP contribution in [-0.4, -0.2) is 10.1 Å². The largest absolute Gasteiger partial charge is 0.388 e. The van der Waals surface area contributed by atoms with Gasteiger partial charge >= 0.3 is 0 Å². The Labute approximate surface area is 107 Å². The van der Waals surface area contributed by atoms with Crippen molar-refractivity contribution in [2.45, 2.75) is 19.4 Å². The van der Waals surface area contributed by atoms with Crippen LogP contribution in [-0.2, 0) is 6.42 Å². The lowest BCUT2D eigenvalue weighted by molar-refractivity contribution is 0.177. The van der Waals surface area contributed by atoms with Crippen LogP contribution in [0.25, 0.3) is 0 Å². The van der Waals surface area contributed by atoms with Crippen LogP contribution >= 0.6 is 27.3 Å². The molecule has 1 aromatic carbocycles. The van der Waals surface area contributed by atoms with Crippen molar-refractivity contribution in [3.63, 3.8) is 0 Å². The average Bonchev–Trinajstić information content (AvgIpc) is 2.70. The van der Waals surface area contributed by atoms with Crippen LogP contribution in [0.2, 0.25) is 0 Å². The van der Waals surface area contributed by atoms with Gasteiger partial charge < -0.3 is 5.11 Å². The molecule has 2 nitrogen and oxygen atoms in total. The van der Waals surface area contributed by atoms with Crippen LogP contribution in [0, 0.1) is 6.92 Å². The van der Waals surface area contributed by atoms with Gasteiger partial charge in [-0.3, -0.25) is 0 Å². The lowest BCUT2D eigenvalue weighted by Crippen LogP contribution is -2.03. The number of halogens is 1. The maximum atomic E-state index is 10.1. The molecule has 0 fully saturated rings. The standard InChI is InChI=1S/C12H12BrNOS/c1-8-6-9(13)2-3-10(8)11(15)7-12-14-4-5-16-12/h2-6,11,15H,7H2,1H3. The highest BCUT2D eigenvalue weighted by molar-refractivity contribution is 9.10. The minimum absolute atomic E-state index is 0.473. The first-order valence-electron chi connectivity index (χ1n) is 4.99. The molecule has 0 saturated carbocycles. The first-order chi connectivity index (χ1) is 7.66. The molecule has 0 spiro atoms. The lowest BCUT2D eigenvalue weighted by Gasteiger charge is -2.12. The second kappa shape index (κ2) is 5.08. The third kappa shape index (κ3) is 2.70. The van der Waals surface area contributed by atoms with Crippen molar-refractivity contribution in [2.24, 2.45) is 0 Å². The molecule has 84 valence electrons. The molecule has 0 aliphatic rings. The SMILES string of the molecule is Cc1cc(Br)ccc1C(O)Cc1nccs1. The summed E-state index contributed by atoms with van der Waals surface area (Å²) in [6.07, 6.45) is 1.88. The van der Waals surface area contributed by atoms with Crippen LogP contribution in [0.15, 0.2) is 34.2 Å². The van der Waals surface area contributed by atoms with Gasteiger partial charge in [-0.1, -0.05) is 22.0 Å². The number of aryl methyl sites for hydroxylation is 1. The summed E-state index contributed by atoms with van der Waals surface area (Å²) in [5.74, 6) is 0. The van der Waals surface area contributed by atoms with Gasteiger partial charge in [0.2, 0.25) is 0 Å². The van der Waals surface area contributed by atoms with Crippen molar-refractivity contribution < 1.29 is 5.11 Å². The van der Waals surface area contributed by atoms with Gasteiger partial charge in [-0.15, -0.1) is 11.3 Å². The van der Waals surface area contributed by atoms with Gasteiger partial charge in [-0.05, 0) is 30.2 Å². The summed E-state index contributed by atoms with van der Waals surface area (Å²) in [5.41, 5.74) is 2.07. The molecule has 1 unspecified atom stereocenters. The smallest absolute Gasteiger partial charge is 0.0954 e. The van der Waals surface area contributed by atoms with Gasteiger partial charge in [0, 0.05) is 22.5 Å². The zero-order valence-electron chi connectivity index (χ0n) is 8.85. The van der Waals surface area contributed by atoms with Gasteiger partial charge in [0.25, 0.3) is 0 Å². The van der Waals surface area contributed by atoms with Crippen LogP contribution in [0.4, 0.5) is 0 Å². The zero-order chi connectivity index (χ0) is 11.5. The van der Waals surface area contributed by atoms with E-state index in [9.17, 15) is 5.11 Å². The van der Waals surface area contributed by atoms with E-state index in [2.05, 4.69) is 20.9 Å². The Hall–Kier alpha value is -0.710. The Morgan fingerprint density at radius 1 is 1.50 bits per heavy atom. The zero-order valence-corrected chi connectivity index (χ0v) is 11.3. The highest BCUT2D eigenvalue weighted by Crippen LogP contribution is 2.24. The summed E-state index contributed by atoms with van der Waals surface area (Å²) < 4.78 is 1.04. The number of thiazole rings is 1. The van der Waals surface area contributed by atoms with Crippen molar-refractivity contribution in [2.75, 3.05) is 0 Å². The molecule has 1 heterocycles. The molecule has 1 N–H and O–H groups in total. The third-order valence-electron chi connectivity index (χ3n) is 2.44. The highest BCUT2D eigenvalue weighted by atomic mass is 79.9. The maximum Gasteiger partial charge on any atom is 0.0954 e. The van der Waals surface area contributed by atoms with Crippen LogP contribution in [0.5, 0.6) is 0 Å². The summed E-state index contributed by atoms with van der Waals surface area (Å²) in [6.45, 7) is 2.01. The molecular weight excluding hydrogens is 286 g/mol. The topological polar surface area (TPSA) is 33.1 Å². The van der Waals surface area contributed by atoms with E-state index >= 15 is 0 Å². The van der Waals surface area contributed by atoms with Crippen molar-refractivity contribution in [1.29, 1.82) is 0 Å². The summed E-state index contributed by atoms with van der Waals surface area (Å²) in [5, 5.41) is 13.0. The molecule has 0 aliphatic heterocycles. The first kappa shape index (κ1) is 11.8. The molecule has 4 heteroatoms. The Bertz CT molecular complexity index is 470. The molecule has 1 aromatic heterocycles. The highest BCUT2D eigenvalue weighted by Gasteiger charge is 2.12. The Balaban J connectivity index is 2.17. The summed E-state index contributed by atoms with van der Waals surface area (Å²) >= 11 is 4.99. The molecule has 16 heavy (non-hydrogen) atoms. The van der Waals surface area contributed by atoms with Gasteiger partial charge in [-0.2, -0.15) is 0 Å². The Morgan fingerprint density at radius 3 is 2.94 bits per heavy atom. The van der Waals surface area contributed by atoms with Crippen molar-refractivity contribution in [3.8, 4) is 0 Å². The molecule has 0 aliphatic carbocycles. The van der Waals surface area contributed by atoms with Crippen LogP contribution in [0.1, 0.15) is 22.2 Å². The van der Waals surface area contributed by atoms with Gasteiger partial charge in [0.05, 0.1) is 11.1 Å². The summed E-state index contributed by atoms with van der Waals surface area (Å²) in [7, 11) is 0. The number of aliphatic hydroxyl groups excluding tert-OH is 1. The van der Waals surface area contributed by atoms with Crippen LogP contribution in [0.3, 0.4) is 0 Å². The van der Waals surface area contributed by atoms with E-state index in [4.69, 9.17) is 0 Å². The fraction of sp³-hybridized carbons (Fsp3) is 0.250. The number of aromatic nitrogens is 1. The predicted molar refractivity (Wildman–Crippen MR) is 69.7 cm³/mol. The predicted octanol–water partition coefficient (Wildman–Crippen LogP) is 3.49. The number of hydrogen-bond acceptors (Lipinski definition) is 3. The van der Waals surface area contributed by atoms with Crippen molar-refractivity contribution >= 4 is 27.3 Å². The minimum atomic E-state index is -0.473. The summed E-state index contributed by atoms with van der Waals surface area (Å²) in [4.78, 5) is 4.18. The average molecular weight is 298 g/mol. The molecule has 1 atom stereocenters. The molecule has 0 radical (unpaired) electrons. The first-order valence-corrected chi connectivity index (χ1v) is 6.66. The van der Waals surface area contributed by atoms with E-state index in [0.29, 0.717) is 6.42 Å². The van der Waals surface area contributed by atoms with E-state index in [0.717, 1.165) is 20.6 Å². The Kier molecular flexibility index (Phi) is 3.74. The number of benzene rings is 1. The minimum Gasteiger partial charge on any atom is -0.388 e. The fourth-order valence-corrected chi connectivity index (χ4v) is 2.77. The van der Waals surface area contributed by atoms with Gasteiger partial charge in [-0.25, -0.2) is 4.98 Å². The molecule has 0 bridgehead atoms. The number of rotatable bonds is 3. The van der Waals surface area contributed by atoms with E-state index in [-0.39, 0.29) is 0 Å². The number of aliphatic hydroxyl groups is 1. The molecule has 2 aromatic rings. The van der Waals surface area contributed by atoms with E-state index < -0.39 is 6.10 Å². The monoisotopic (exact) mass is 297 g/mol. The number of nitrogens with zero attached hydrogens (tertiary/aromatic N) is 1. The second-order valence-electron chi connectivity index (χ2n) is 3.65.